The van der Waals surface area contributed by atoms with Crippen molar-refractivity contribution in [2.75, 3.05) is 18.9 Å². The van der Waals surface area contributed by atoms with Crippen molar-refractivity contribution in [2.45, 2.75) is 0 Å². The number of nitrogens with one attached hydrogen (secondary N) is 2. The zero-order valence-electron chi connectivity index (χ0n) is 13.3. The number of likely N-dealkylation sites (N-methyl/N-ethyl adjacent to an activating group) is 1. The minimum atomic E-state index is -0.333. The maximum Gasteiger partial charge on any atom is 0.274 e. The molecule has 2 amide bonds. The van der Waals surface area contributed by atoms with Gasteiger partial charge < -0.3 is 10.2 Å². The SMILES string of the molecule is CN(CC(=O)Nc1cccc(Cl)c1)C(=O)c1cc(-c2cccs2)[nH]n1. The van der Waals surface area contributed by atoms with E-state index in [1.54, 1.807) is 48.7 Å². The van der Waals surface area contributed by atoms with Crippen LogP contribution in [0.1, 0.15) is 10.5 Å². The number of aromatic amines is 1. The molecule has 6 nitrogen and oxygen atoms in total. The van der Waals surface area contributed by atoms with Gasteiger partial charge in [-0.2, -0.15) is 5.10 Å². The van der Waals surface area contributed by atoms with Crippen molar-refractivity contribution in [3.05, 3.63) is 58.6 Å². The summed E-state index contributed by atoms with van der Waals surface area (Å²) in [4.78, 5) is 26.8. The third kappa shape index (κ3) is 4.26. The predicted octanol–water partition coefficient (Wildman–Crippen LogP) is 3.50. The van der Waals surface area contributed by atoms with Crippen molar-refractivity contribution in [1.29, 1.82) is 0 Å². The fourth-order valence-corrected chi connectivity index (χ4v) is 3.12. The lowest BCUT2D eigenvalue weighted by atomic mass is 10.3. The minimum Gasteiger partial charge on any atom is -0.331 e. The Balaban J connectivity index is 1.61. The van der Waals surface area contributed by atoms with Crippen LogP contribution in [-0.2, 0) is 4.79 Å². The number of hydrogen-bond acceptors (Lipinski definition) is 4. The first-order valence-corrected chi connectivity index (χ1v) is 8.69. The Morgan fingerprint density at radius 3 is 2.84 bits per heavy atom. The molecule has 3 rings (SSSR count). The Morgan fingerprint density at radius 1 is 1.28 bits per heavy atom. The van der Waals surface area contributed by atoms with Crippen molar-refractivity contribution in [1.82, 2.24) is 15.1 Å². The zero-order valence-corrected chi connectivity index (χ0v) is 14.9. The van der Waals surface area contributed by atoms with E-state index >= 15 is 0 Å². The second kappa shape index (κ2) is 7.50. The molecule has 0 fully saturated rings. The number of hydrogen-bond donors (Lipinski definition) is 2. The Labute approximate surface area is 153 Å². The third-order valence-corrected chi connectivity index (χ3v) is 4.56. The van der Waals surface area contributed by atoms with Crippen LogP contribution in [0, 0.1) is 0 Å². The molecule has 0 saturated heterocycles. The van der Waals surface area contributed by atoms with Crippen molar-refractivity contribution in [3.8, 4) is 10.6 Å². The standard InChI is InChI=1S/C17H15ClN4O2S/c1-22(10-16(23)19-12-5-2-4-11(18)8-12)17(24)14-9-13(20-21-14)15-6-3-7-25-15/h2-9H,10H2,1H3,(H,19,23)(H,20,21). The van der Waals surface area contributed by atoms with E-state index in [-0.39, 0.29) is 24.1 Å². The molecule has 0 unspecified atom stereocenters. The van der Waals surface area contributed by atoms with Crippen LogP contribution in [0.25, 0.3) is 10.6 Å². The van der Waals surface area contributed by atoms with Gasteiger partial charge in [-0.3, -0.25) is 14.7 Å². The van der Waals surface area contributed by atoms with Gasteiger partial charge in [-0.15, -0.1) is 11.3 Å². The molecule has 0 aliphatic rings. The van der Waals surface area contributed by atoms with Gasteiger partial charge in [0.05, 0.1) is 17.1 Å². The Hall–Kier alpha value is -2.64. The summed E-state index contributed by atoms with van der Waals surface area (Å²) < 4.78 is 0. The Morgan fingerprint density at radius 2 is 2.12 bits per heavy atom. The lowest BCUT2D eigenvalue weighted by Crippen LogP contribution is -2.35. The molecule has 0 radical (unpaired) electrons. The molecular formula is C17H15ClN4O2S. The highest BCUT2D eigenvalue weighted by Gasteiger charge is 2.18. The highest BCUT2D eigenvalue weighted by atomic mass is 35.5. The molecule has 8 heteroatoms. The molecule has 2 aromatic heterocycles. The maximum atomic E-state index is 12.4. The maximum absolute atomic E-state index is 12.4. The topological polar surface area (TPSA) is 78.1 Å². The number of amides is 2. The molecule has 2 heterocycles. The number of thiophene rings is 1. The quantitative estimate of drug-likeness (QED) is 0.717. The molecule has 2 N–H and O–H groups in total. The first kappa shape index (κ1) is 17.2. The first-order chi connectivity index (χ1) is 12.0. The first-order valence-electron chi connectivity index (χ1n) is 7.43. The summed E-state index contributed by atoms with van der Waals surface area (Å²) in [5.74, 6) is -0.646. The lowest BCUT2D eigenvalue weighted by Gasteiger charge is -2.15. The molecule has 1 aromatic carbocycles. The molecule has 0 aliphatic heterocycles. The van der Waals surface area contributed by atoms with Gasteiger partial charge in [0.25, 0.3) is 5.91 Å². The van der Waals surface area contributed by atoms with Crippen molar-refractivity contribution < 1.29 is 9.59 Å². The average molecular weight is 375 g/mol. The molecule has 0 spiro atoms. The van der Waals surface area contributed by atoms with Gasteiger partial charge in [0, 0.05) is 17.8 Å². The molecular weight excluding hydrogens is 360 g/mol. The van der Waals surface area contributed by atoms with Gasteiger partial charge in [0.2, 0.25) is 5.91 Å². The molecule has 3 aromatic rings. The highest BCUT2D eigenvalue weighted by molar-refractivity contribution is 7.13. The number of benzene rings is 1. The lowest BCUT2D eigenvalue weighted by molar-refractivity contribution is -0.116. The van der Waals surface area contributed by atoms with Gasteiger partial charge in [0.1, 0.15) is 0 Å². The number of halogens is 1. The molecule has 25 heavy (non-hydrogen) atoms. The second-order valence-electron chi connectivity index (χ2n) is 5.36. The summed E-state index contributed by atoms with van der Waals surface area (Å²) in [6, 6.07) is 12.4. The molecule has 0 aliphatic carbocycles. The number of nitrogens with zero attached hydrogens (tertiary/aromatic N) is 2. The minimum absolute atomic E-state index is 0.0907. The van der Waals surface area contributed by atoms with Crippen molar-refractivity contribution in [3.63, 3.8) is 0 Å². The van der Waals surface area contributed by atoms with Gasteiger partial charge in [-0.05, 0) is 35.7 Å². The number of carbonyl (C=O) groups excluding carboxylic acids is 2. The Kier molecular flexibility index (Phi) is 5.16. The second-order valence-corrected chi connectivity index (χ2v) is 6.75. The largest absolute Gasteiger partial charge is 0.331 e. The number of rotatable bonds is 5. The van der Waals surface area contributed by atoms with Gasteiger partial charge >= 0.3 is 0 Å². The number of anilines is 1. The predicted molar refractivity (Wildman–Crippen MR) is 98.9 cm³/mol. The van der Waals surface area contributed by atoms with Crippen LogP contribution < -0.4 is 5.32 Å². The molecule has 0 atom stereocenters. The normalized spacial score (nSPS) is 10.5. The number of carbonyl (C=O) groups is 2. The van der Waals surface area contributed by atoms with Crippen LogP contribution in [-0.4, -0.2) is 40.5 Å². The fraction of sp³-hybridized carbons (Fsp3) is 0.118. The van der Waals surface area contributed by atoms with E-state index in [9.17, 15) is 9.59 Å². The monoisotopic (exact) mass is 374 g/mol. The van der Waals surface area contributed by atoms with E-state index in [4.69, 9.17) is 11.6 Å². The van der Waals surface area contributed by atoms with E-state index in [0.29, 0.717) is 10.7 Å². The summed E-state index contributed by atoms with van der Waals surface area (Å²) in [5, 5.41) is 12.1. The van der Waals surface area contributed by atoms with Crippen LogP contribution in [0.3, 0.4) is 0 Å². The molecule has 0 bridgehead atoms. The van der Waals surface area contributed by atoms with E-state index in [1.165, 1.54) is 4.90 Å². The highest BCUT2D eigenvalue weighted by Crippen LogP contribution is 2.23. The van der Waals surface area contributed by atoms with Gasteiger partial charge in [0.15, 0.2) is 5.69 Å². The van der Waals surface area contributed by atoms with E-state index in [0.717, 1.165) is 10.6 Å². The van der Waals surface area contributed by atoms with Gasteiger partial charge in [-0.1, -0.05) is 23.7 Å². The fourth-order valence-electron chi connectivity index (χ4n) is 2.24. The number of aromatic nitrogens is 2. The summed E-state index contributed by atoms with van der Waals surface area (Å²) in [7, 11) is 1.55. The van der Waals surface area contributed by atoms with Crippen LogP contribution in [0.2, 0.25) is 5.02 Å². The third-order valence-electron chi connectivity index (χ3n) is 3.42. The smallest absolute Gasteiger partial charge is 0.274 e. The Bertz CT molecular complexity index is 892. The van der Waals surface area contributed by atoms with Crippen LogP contribution in [0.5, 0.6) is 0 Å². The van der Waals surface area contributed by atoms with E-state index in [1.807, 2.05) is 17.5 Å². The summed E-state index contributed by atoms with van der Waals surface area (Å²) in [5.41, 5.74) is 1.62. The van der Waals surface area contributed by atoms with Crippen LogP contribution in [0.15, 0.2) is 47.8 Å². The van der Waals surface area contributed by atoms with E-state index < -0.39 is 0 Å². The molecule has 0 saturated carbocycles. The zero-order chi connectivity index (χ0) is 17.8. The van der Waals surface area contributed by atoms with Crippen LogP contribution >= 0.6 is 22.9 Å². The number of H-pyrrole nitrogens is 1. The van der Waals surface area contributed by atoms with Gasteiger partial charge in [-0.25, -0.2) is 0 Å². The summed E-state index contributed by atoms with van der Waals surface area (Å²) in [6.07, 6.45) is 0. The van der Waals surface area contributed by atoms with Crippen molar-refractivity contribution >= 4 is 40.4 Å². The average Bonchev–Trinajstić information content (AvgIpc) is 3.25. The van der Waals surface area contributed by atoms with Crippen LogP contribution in [0.4, 0.5) is 5.69 Å². The van der Waals surface area contributed by atoms with E-state index in [2.05, 4.69) is 15.5 Å². The summed E-state index contributed by atoms with van der Waals surface area (Å²) >= 11 is 7.43. The summed E-state index contributed by atoms with van der Waals surface area (Å²) in [6.45, 7) is -0.0907. The van der Waals surface area contributed by atoms with Crippen molar-refractivity contribution in [2.24, 2.45) is 0 Å². The molecule has 128 valence electrons.